The molecule has 0 aromatic carbocycles. The van der Waals surface area contributed by atoms with Crippen LogP contribution in [0.4, 0.5) is 5.82 Å². The van der Waals surface area contributed by atoms with Gasteiger partial charge in [0.1, 0.15) is 11.4 Å². The van der Waals surface area contributed by atoms with Crippen LogP contribution in [-0.4, -0.2) is 43.9 Å². The van der Waals surface area contributed by atoms with Gasteiger partial charge in [-0.3, -0.25) is 0 Å². The number of nitrogens with one attached hydrogen (secondary N) is 1. The highest BCUT2D eigenvalue weighted by atomic mass is 16.5. The Labute approximate surface area is 118 Å². The molecule has 1 N–H and O–H groups in total. The number of methoxy groups -OCH3 is 1. The van der Waals surface area contributed by atoms with Gasteiger partial charge in [-0.2, -0.15) is 0 Å². The molecule has 0 bridgehead atoms. The van der Waals surface area contributed by atoms with Gasteiger partial charge in [-0.15, -0.1) is 0 Å². The Morgan fingerprint density at radius 2 is 1.95 bits per heavy atom. The number of rotatable bonds is 3. The maximum absolute atomic E-state index is 5.79. The molecule has 1 saturated heterocycles. The largest absolute Gasteiger partial charge is 0.381 e. The van der Waals surface area contributed by atoms with Crippen molar-refractivity contribution in [1.29, 1.82) is 0 Å². The Morgan fingerprint density at radius 3 is 2.65 bits per heavy atom. The first kappa shape index (κ1) is 13.7. The van der Waals surface area contributed by atoms with E-state index in [9.17, 15) is 0 Å². The van der Waals surface area contributed by atoms with Crippen molar-refractivity contribution in [3.8, 4) is 0 Å². The minimum Gasteiger partial charge on any atom is -0.381 e. The Kier molecular flexibility index (Phi) is 3.87. The molecule has 0 atom stereocenters. The minimum atomic E-state index is -0.419. The molecule has 1 aromatic rings. The second-order valence-electron chi connectivity index (χ2n) is 5.18. The zero-order chi connectivity index (χ0) is 14.0. The Morgan fingerprint density at radius 1 is 1.15 bits per heavy atom. The Balaban J connectivity index is 2.04. The normalized spacial score (nSPS) is 21.3. The van der Waals surface area contributed by atoms with Gasteiger partial charge >= 0.3 is 0 Å². The van der Waals surface area contributed by atoms with Gasteiger partial charge in [-0.1, -0.05) is 0 Å². The van der Waals surface area contributed by atoms with Crippen molar-refractivity contribution in [3.63, 3.8) is 0 Å². The van der Waals surface area contributed by atoms with E-state index in [0.29, 0.717) is 19.8 Å². The fourth-order valence-corrected chi connectivity index (χ4v) is 2.86. The third kappa shape index (κ3) is 2.28. The molecule has 3 rings (SSSR count). The average Bonchev–Trinajstić information content (AvgIpc) is 2.54. The zero-order valence-corrected chi connectivity index (χ0v) is 12.1. The maximum atomic E-state index is 5.79. The van der Waals surface area contributed by atoms with Gasteiger partial charge in [0.2, 0.25) is 0 Å². The molecule has 0 saturated carbocycles. The van der Waals surface area contributed by atoms with Crippen LogP contribution in [0.1, 0.15) is 29.9 Å². The molecule has 1 fully saturated rings. The van der Waals surface area contributed by atoms with E-state index >= 15 is 0 Å². The average molecular weight is 279 g/mol. The van der Waals surface area contributed by atoms with Crippen molar-refractivity contribution in [2.24, 2.45) is 0 Å². The molecule has 0 spiro atoms. The summed E-state index contributed by atoms with van der Waals surface area (Å²) in [5.41, 5.74) is 1.73. The van der Waals surface area contributed by atoms with Crippen LogP contribution in [-0.2, 0) is 32.8 Å². The van der Waals surface area contributed by atoms with Gasteiger partial charge in [-0.25, -0.2) is 9.97 Å². The quantitative estimate of drug-likeness (QED) is 0.898. The van der Waals surface area contributed by atoms with Crippen molar-refractivity contribution >= 4 is 5.82 Å². The monoisotopic (exact) mass is 279 g/mol. The summed E-state index contributed by atoms with van der Waals surface area (Å²) in [6.45, 7) is 2.67. The highest BCUT2D eigenvalue weighted by Crippen LogP contribution is 2.35. The molecule has 2 aliphatic rings. The van der Waals surface area contributed by atoms with Crippen LogP contribution in [0.15, 0.2) is 0 Å². The number of hydrogen-bond donors (Lipinski definition) is 1. The third-order valence-electron chi connectivity index (χ3n) is 4.16. The number of aromatic nitrogens is 2. The highest BCUT2D eigenvalue weighted by molar-refractivity contribution is 5.47. The van der Waals surface area contributed by atoms with Gasteiger partial charge in [0, 0.05) is 52.2 Å². The molecule has 1 aromatic heterocycles. The second kappa shape index (κ2) is 5.63. The predicted octanol–water partition coefficient (Wildman–Crippen LogP) is 1.24. The molecule has 3 heterocycles. The first-order valence-corrected chi connectivity index (χ1v) is 7.08. The molecule has 110 valence electrons. The molecular weight excluding hydrogens is 258 g/mol. The summed E-state index contributed by atoms with van der Waals surface area (Å²) in [4.78, 5) is 9.47. The predicted molar refractivity (Wildman–Crippen MR) is 73.7 cm³/mol. The van der Waals surface area contributed by atoms with Crippen LogP contribution in [0, 0.1) is 0 Å². The van der Waals surface area contributed by atoms with Crippen molar-refractivity contribution in [2.45, 2.75) is 31.5 Å². The molecule has 6 heteroatoms. The topological polar surface area (TPSA) is 65.5 Å². The number of hydrogen-bond acceptors (Lipinski definition) is 6. The molecule has 0 unspecified atom stereocenters. The van der Waals surface area contributed by atoms with Crippen LogP contribution in [0.25, 0.3) is 0 Å². The Bertz CT molecular complexity index is 470. The zero-order valence-electron chi connectivity index (χ0n) is 12.1. The first-order chi connectivity index (χ1) is 9.79. The summed E-state index contributed by atoms with van der Waals surface area (Å²) in [6.07, 6.45) is 2.42. The highest BCUT2D eigenvalue weighted by Gasteiger charge is 2.38. The summed E-state index contributed by atoms with van der Waals surface area (Å²) in [5.74, 6) is 1.63. The minimum absolute atomic E-state index is 0.419. The van der Waals surface area contributed by atoms with Crippen LogP contribution in [0.5, 0.6) is 0 Å². The van der Waals surface area contributed by atoms with E-state index in [2.05, 4.69) is 10.3 Å². The van der Waals surface area contributed by atoms with Crippen molar-refractivity contribution in [3.05, 3.63) is 17.1 Å². The Hall–Kier alpha value is -1.24. The van der Waals surface area contributed by atoms with Crippen LogP contribution in [0.3, 0.4) is 0 Å². The summed E-state index contributed by atoms with van der Waals surface area (Å²) in [5, 5.41) is 3.16. The third-order valence-corrected chi connectivity index (χ3v) is 4.16. The lowest BCUT2D eigenvalue weighted by molar-refractivity contribution is -0.100. The van der Waals surface area contributed by atoms with E-state index in [4.69, 9.17) is 19.2 Å². The van der Waals surface area contributed by atoms with Gasteiger partial charge in [0.15, 0.2) is 5.82 Å². The number of nitrogens with zero attached hydrogens (tertiary/aromatic N) is 2. The van der Waals surface area contributed by atoms with Crippen LogP contribution in [0.2, 0.25) is 0 Å². The van der Waals surface area contributed by atoms with E-state index in [0.717, 1.165) is 48.8 Å². The van der Waals surface area contributed by atoms with E-state index < -0.39 is 5.60 Å². The lowest BCUT2D eigenvalue weighted by Crippen LogP contribution is -2.38. The summed E-state index contributed by atoms with van der Waals surface area (Å²) < 4.78 is 16.7. The molecule has 0 radical (unpaired) electrons. The molecule has 0 amide bonds. The number of anilines is 1. The van der Waals surface area contributed by atoms with Crippen molar-refractivity contribution in [1.82, 2.24) is 9.97 Å². The number of fused-ring (bicyclic) bond motifs is 1. The number of ether oxygens (including phenoxy) is 3. The van der Waals surface area contributed by atoms with Gasteiger partial charge in [-0.05, 0) is 0 Å². The standard InChI is InChI=1S/C14H21N3O3/c1-15-12-10-9-20-6-3-11(10)16-13(17-12)14(18-2)4-7-19-8-5-14/h3-9H2,1-2H3,(H,15,16,17). The summed E-state index contributed by atoms with van der Waals surface area (Å²) >= 11 is 0. The van der Waals surface area contributed by atoms with Crippen molar-refractivity contribution < 1.29 is 14.2 Å². The molecule has 6 nitrogen and oxygen atoms in total. The fraction of sp³-hybridized carbons (Fsp3) is 0.714. The van der Waals surface area contributed by atoms with Gasteiger partial charge in [0.25, 0.3) is 0 Å². The second-order valence-corrected chi connectivity index (χ2v) is 5.18. The summed E-state index contributed by atoms with van der Waals surface area (Å²) in [6, 6.07) is 0. The first-order valence-electron chi connectivity index (χ1n) is 7.08. The van der Waals surface area contributed by atoms with Crippen molar-refractivity contribution in [2.75, 3.05) is 39.3 Å². The lowest BCUT2D eigenvalue weighted by Gasteiger charge is -2.35. The smallest absolute Gasteiger partial charge is 0.163 e. The van der Waals surface area contributed by atoms with E-state index in [1.165, 1.54) is 0 Å². The molecular formula is C14H21N3O3. The van der Waals surface area contributed by atoms with Gasteiger partial charge < -0.3 is 19.5 Å². The lowest BCUT2D eigenvalue weighted by atomic mass is 9.92. The van der Waals surface area contributed by atoms with E-state index in [1.807, 2.05) is 7.05 Å². The molecule has 0 aliphatic carbocycles. The maximum Gasteiger partial charge on any atom is 0.163 e. The fourth-order valence-electron chi connectivity index (χ4n) is 2.86. The van der Waals surface area contributed by atoms with Crippen LogP contribution >= 0.6 is 0 Å². The molecule has 20 heavy (non-hydrogen) atoms. The SMILES string of the molecule is CNc1nc(C2(OC)CCOCC2)nc2c1COCC2. The van der Waals surface area contributed by atoms with E-state index in [1.54, 1.807) is 7.11 Å². The van der Waals surface area contributed by atoms with Crippen LogP contribution < -0.4 is 5.32 Å². The van der Waals surface area contributed by atoms with E-state index in [-0.39, 0.29) is 0 Å². The van der Waals surface area contributed by atoms with Gasteiger partial charge in [0.05, 0.1) is 18.9 Å². The summed E-state index contributed by atoms with van der Waals surface area (Å²) in [7, 11) is 3.61. The molecule has 2 aliphatic heterocycles.